The highest BCUT2D eigenvalue weighted by Crippen LogP contribution is 2.23. The summed E-state index contributed by atoms with van der Waals surface area (Å²) in [6, 6.07) is 3.40. The fourth-order valence-electron chi connectivity index (χ4n) is 1.12. The first kappa shape index (κ1) is 11.0. The molecule has 1 aromatic rings. The Morgan fingerprint density at radius 2 is 2.14 bits per heavy atom. The van der Waals surface area contributed by atoms with Crippen LogP contribution in [0.1, 0.15) is 11.1 Å². The number of hydrogen-bond donors (Lipinski definition) is 1. The van der Waals surface area contributed by atoms with Crippen LogP contribution in [0.15, 0.2) is 17.1 Å². The molecule has 0 heterocycles. The molecule has 0 radical (unpaired) electrons. The van der Waals surface area contributed by atoms with E-state index in [2.05, 4.69) is 4.99 Å². The van der Waals surface area contributed by atoms with Crippen LogP contribution in [0.25, 0.3) is 0 Å². The van der Waals surface area contributed by atoms with Crippen LogP contribution in [0.3, 0.4) is 0 Å². The highest BCUT2D eigenvalue weighted by Gasteiger charge is 2.06. The molecule has 14 heavy (non-hydrogen) atoms. The lowest BCUT2D eigenvalue weighted by Crippen LogP contribution is -2.12. The van der Waals surface area contributed by atoms with Crippen LogP contribution in [-0.2, 0) is 0 Å². The van der Waals surface area contributed by atoms with E-state index in [-0.39, 0.29) is 17.5 Å². The lowest BCUT2D eigenvalue weighted by atomic mass is 10.1. The summed E-state index contributed by atoms with van der Waals surface area (Å²) in [5.74, 6) is 0.196. The Kier molecular flexibility index (Phi) is 3.47. The molecule has 1 aromatic carbocycles. The largest absolute Gasteiger partial charge is 0.386 e. The second-order valence-electron chi connectivity index (χ2n) is 3.08. The van der Waals surface area contributed by atoms with Crippen LogP contribution in [0.2, 0.25) is 0 Å². The average Bonchev–Trinajstić information content (AvgIpc) is 2.19. The highest BCUT2D eigenvalue weighted by atomic mass is 35.5. The first-order chi connectivity index (χ1) is 6.56. The number of halogens is 2. The first-order valence-electron chi connectivity index (χ1n) is 4.21. The van der Waals surface area contributed by atoms with Crippen molar-refractivity contribution in [3.8, 4) is 0 Å². The molecule has 0 saturated carbocycles. The number of amidine groups is 1. The Hall–Kier alpha value is -1.09. The van der Waals surface area contributed by atoms with Crippen molar-refractivity contribution in [3.63, 3.8) is 0 Å². The molecule has 2 nitrogen and oxygen atoms in total. The van der Waals surface area contributed by atoms with E-state index in [0.29, 0.717) is 16.8 Å². The second kappa shape index (κ2) is 4.42. The number of benzene rings is 1. The van der Waals surface area contributed by atoms with Crippen LogP contribution in [0.5, 0.6) is 0 Å². The number of rotatable bonds is 2. The van der Waals surface area contributed by atoms with Crippen molar-refractivity contribution >= 4 is 23.1 Å². The summed E-state index contributed by atoms with van der Waals surface area (Å²) in [5.41, 5.74) is 7.09. The van der Waals surface area contributed by atoms with E-state index >= 15 is 0 Å². The van der Waals surface area contributed by atoms with E-state index in [1.165, 1.54) is 0 Å². The molecule has 0 aliphatic carbocycles. The first-order valence-corrected chi connectivity index (χ1v) is 4.74. The van der Waals surface area contributed by atoms with Crippen molar-refractivity contribution in [1.29, 1.82) is 0 Å². The molecular weight excluding hydrogens is 203 g/mol. The third-order valence-corrected chi connectivity index (χ3v) is 2.23. The predicted octanol–water partition coefficient (Wildman–Crippen LogP) is 2.67. The Morgan fingerprint density at radius 3 is 2.71 bits per heavy atom. The van der Waals surface area contributed by atoms with Gasteiger partial charge in [0, 0.05) is 5.56 Å². The van der Waals surface area contributed by atoms with Crippen molar-refractivity contribution in [2.45, 2.75) is 13.8 Å². The van der Waals surface area contributed by atoms with Gasteiger partial charge < -0.3 is 5.73 Å². The average molecular weight is 215 g/mol. The molecule has 0 unspecified atom stereocenters. The molecule has 0 aliphatic rings. The Labute approximate surface area is 87.6 Å². The van der Waals surface area contributed by atoms with E-state index in [1.54, 1.807) is 26.0 Å². The monoisotopic (exact) mass is 214 g/mol. The van der Waals surface area contributed by atoms with Gasteiger partial charge in [0.05, 0.1) is 11.6 Å². The van der Waals surface area contributed by atoms with E-state index in [9.17, 15) is 4.39 Å². The van der Waals surface area contributed by atoms with Gasteiger partial charge in [-0.05, 0) is 25.5 Å². The number of alkyl halides is 1. The fourth-order valence-corrected chi connectivity index (χ4v) is 1.18. The quantitative estimate of drug-likeness (QED) is 0.459. The molecule has 1 rings (SSSR count). The molecule has 0 atom stereocenters. The van der Waals surface area contributed by atoms with Gasteiger partial charge in [-0.15, -0.1) is 11.6 Å². The summed E-state index contributed by atoms with van der Waals surface area (Å²) in [4.78, 5) is 4.00. The lowest BCUT2D eigenvalue weighted by Gasteiger charge is -2.04. The molecule has 0 saturated heterocycles. The predicted molar refractivity (Wildman–Crippen MR) is 57.9 cm³/mol. The summed E-state index contributed by atoms with van der Waals surface area (Å²) in [7, 11) is 0. The van der Waals surface area contributed by atoms with Gasteiger partial charge in [0.25, 0.3) is 0 Å². The number of nitrogens with two attached hydrogens (primary N) is 1. The van der Waals surface area contributed by atoms with Crippen molar-refractivity contribution in [2.75, 3.05) is 5.88 Å². The van der Waals surface area contributed by atoms with Gasteiger partial charge in [0.2, 0.25) is 0 Å². The molecule has 0 bridgehead atoms. The Bertz CT molecular complexity index is 375. The number of aryl methyl sites for hydroxylation is 1. The zero-order valence-corrected chi connectivity index (χ0v) is 8.90. The minimum Gasteiger partial charge on any atom is -0.386 e. The minimum absolute atomic E-state index is 0.148. The maximum atomic E-state index is 13.4. The summed E-state index contributed by atoms with van der Waals surface area (Å²) in [6.07, 6.45) is 0. The zero-order valence-electron chi connectivity index (χ0n) is 8.14. The van der Waals surface area contributed by atoms with Crippen molar-refractivity contribution in [2.24, 2.45) is 10.7 Å². The molecule has 4 heteroatoms. The van der Waals surface area contributed by atoms with Gasteiger partial charge in [-0.2, -0.15) is 0 Å². The molecule has 76 valence electrons. The highest BCUT2D eigenvalue weighted by molar-refractivity contribution is 6.28. The number of hydrogen-bond acceptors (Lipinski definition) is 1. The normalized spacial score (nSPS) is 11.9. The third-order valence-electron chi connectivity index (χ3n) is 1.95. The molecule has 0 fully saturated rings. The van der Waals surface area contributed by atoms with E-state index in [4.69, 9.17) is 17.3 Å². The minimum atomic E-state index is -0.242. The number of aliphatic imine (C=N–C) groups is 1. The molecule has 0 spiro atoms. The van der Waals surface area contributed by atoms with Gasteiger partial charge in [-0.3, -0.25) is 0 Å². The molecular formula is C10H12ClFN2. The zero-order chi connectivity index (χ0) is 10.7. The maximum absolute atomic E-state index is 13.4. The van der Waals surface area contributed by atoms with Crippen molar-refractivity contribution in [3.05, 3.63) is 29.1 Å². The molecule has 2 N–H and O–H groups in total. The maximum Gasteiger partial charge on any atom is 0.131 e. The SMILES string of the molecule is Cc1ccc(N=C(N)CCl)c(C)c1F. The van der Waals surface area contributed by atoms with Crippen LogP contribution >= 0.6 is 11.6 Å². The van der Waals surface area contributed by atoms with Crippen LogP contribution in [-0.4, -0.2) is 11.7 Å². The molecule has 0 aromatic heterocycles. The van der Waals surface area contributed by atoms with Crippen molar-refractivity contribution in [1.82, 2.24) is 0 Å². The third kappa shape index (κ3) is 2.23. The smallest absolute Gasteiger partial charge is 0.131 e. The van der Waals surface area contributed by atoms with Gasteiger partial charge in [0.1, 0.15) is 11.7 Å². The topological polar surface area (TPSA) is 38.4 Å². The summed E-state index contributed by atoms with van der Waals surface area (Å²) in [6.45, 7) is 3.38. The lowest BCUT2D eigenvalue weighted by molar-refractivity contribution is 0.610. The fraction of sp³-hybridized carbons (Fsp3) is 0.300. The summed E-state index contributed by atoms with van der Waals surface area (Å²) in [5, 5.41) is 0. The Morgan fingerprint density at radius 1 is 1.50 bits per heavy atom. The van der Waals surface area contributed by atoms with Gasteiger partial charge in [-0.25, -0.2) is 9.38 Å². The van der Waals surface area contributed by atoms with E-state index in [1.807, 2.05) is 0 Å². The Balaban J connectivity index is 3.18. The number of nitrogens with zero attached hydrogens (tertiary/aromatic N) is 1. The van der Waals surface area contributed by atoms with Crippen LogP contribution in [0, 0.1) is 19.7 Å². The standard InChI is InChI=1S/C10H12ClFN2/c1-6-3-4-8(7(2)10(6)12)14-9(13)5-11/h3-4H,5H2,1-2H3,(H2,13,14). The van der Waals surface area contributed by atoms with Crippen LogP contribution in [0.4, 0.5) is 10.1 Å². The van der Waals surface area contributed by atoms with Gasteiger partial charge >= 0.3 is 0 Å². The van der Waals surface area contributed by atoms with Gasteiger partial charge in [0.15, 0.2) is 0 Å². The van der Waals surface area contributed by atoms with E-state index < -0.39 is 0 Å². The van der Waals surface area contributed by atoms with E-state index in [0.717, 1.165) is 0 Å². The second-order valence-corrected chi connectivity index (χ2v) is 3.34. The molecule has 0 aliphatic heterocycles. The molecule has 0 amide bonds. The van der Waals surface area contributed by atoms with Crippen LogP contribution < -0.4 is 5.73 Å². The summed E-state index contributed by atoms with van der Waals surface area (Å²) >= 11 is 5.48. The van der Waals surface area contributed by atoms with Crippen molar-refractivity contribution < 1.29 is 4.39 Å². The van der Waals surface area contributed by atoms with Gasteiger partial charge in [-0.1, -0.05) is 6.07 Å². The summed E-state index contributed by atoms with van der Waals surface area (Å²) < 4.78 is 13.4.